The molecule has 112 valence electrons. The van der Waals surface area contributed by atoms with E-state index in [1.165, 1.54) is 5.56 Å². The van der Waals surface area contributed by atoms with Gasteiger partial charge in [-0.3, -0.25) is 4.68 Å². The molecule has 3 atom stereocenters. The fourth-order valence-electron chi connectivity index (χ4n) is 3.14. The Hall–Kier alpha value is -1.81. The summed E-state index contributed by atoms with van der Waals surface area (Å²) in [5.41, 5.74) is 8.95. The molecule has 2 aromatic rings. The van der Waals surface area contributed by atoms with Crippen LogP contribution in [-0.2, 0) is 0 Å². The summed E-state index contributed by atoms with van der Waals surface area (Å²) >= 11 is 0. The zero-order chi connectivity index (χ0) is 15.0. The van der Waals surface area contributed by atoms with E-state index in [0.717, 1.165) is 17.9 Å². The maximum Gasteiger partial charge on any atom is 0.161 e. The molecule has 21 heavy (non-hydrogen) atoms. The Morgan fingerprint density at radius 3 is 2.62 bits per heavy atom. The number of ether oxygens (including phenoxy) is 1. The third-order valence-electron chi connectivity index (χ3n) is 4.35. The van der Waals surface area contributed by atoms with Gasteiger partial charge in [-0.05, 0) is 37.7 Å². The molecule has 4 heteroatoms. The second-order valence-electron chi connectivity index (χ2n) is 6.08. The number of nitrogens with two attached hydrogens (primary N) is 1. The topological polar surface area (TPSA) is 53.1 Å². The van der Waals surface area contributed by atoms with Gasteiger partial charge >= 0.3 is 0 Å². The smallest absolute Gasteiger partial charge is 0.161 e. The predicted molar refractivity (Wildman–Crippen MR) is 83.4 cm³/mol. The predicted octanol–water partition coefficient (Wildman–Crippen LogP) is 3.28. The highest BCUT2D eigenvalue weighted by Crippen LogP contribution is 2.54. The van der Waals surface area contributed by atoms with Crippen LogP contribution in [0.25, 0.3) is 0 Å². The Morgan fingerprint density at radius 2 is 2.00 bits per heavy atom. The van der Waals surface area contributed by atoms with Crippen molar-refractivity contribution in [3.8, 4) is 5.75 Å². The first-order valence-corrected chi connectivity index (χ1v) is 7.55. The fraction of sp³-hybridized carbons (Fsp3) is 0.471. The summed E-state index contributed by atoms with van der Waals surface area (Å²) in [7, 11) is 1.68. The molecule has 3 unspecified atom stereocenters. The van der Waals surface area contributed by atoms with Crippen LogP contribution in [0.2, 0.25) is 0 Å². The Bertz CT molecular complexity index is 606. The number of rotatable bonds is 5. The van der Waals surface area contributed by atoms with Gasteiger partial charge in [-0.25, -0.2) is 0 Å². The maximum absolute atomic E-state index is 6.55. The minimum absolute atomic E-state index is 0.0324. The minimum Gasteiger partial charge on any atom is -0.493 e. The van der Waals surface area contributed by atoms with E-state index in [1.54, 1.807) is 13.3 Å². The Kier molecular flexibility index (Phi) is 3.72. The molecule has 0 saturated heterocycles. The number of hydrogen-bond donors (Lipinski definition) is 1. The lowest BCUT2D eigenvalue weighted by Gasteiger charge is -2.18. The number of aromatic nitrogens is 2. The van der Waals surface area contributed by atoms with Crippen molar-refractivity contribution in [1.29, 1.82) is 0 Å². The van der Waals surface area contributed by atoms with Gasteiger partial charge in [0.05, 0.1) is 25.0 Å². The molecule has 2 N–H and O–H groups in total. The molecule has 1 saturated carbocycles. The first-order chi connectivity index (χ1) is 10.1. The third-order valence-corrected chi connectivity index (χ3v) is 4.35. The van der Waals surface area contributed by atoms with Crippen LogP contribution in [0.1, 0.15) is 49.5 Å². The van der Waals surface area contributed by atoms with Crippen molar-refractivity contribution in [2.45, 2.75) is 38.3 Å². The number of benzene rings is 1. The van der Waals surface area contributed by atoms with Crippen LogP contribution in [0, 0.1) is 5.92 Å². The minimum atomic E-state index is -0.0324. The van der Waals surface area contributed by atoms with E-state index in [9.17, 15) is 0 Å². The van der Waals surface area contributed by atoms with E-state index in [1.807, 2.05) is 4.68 Å². The molecule has 4 nitrogen and oxygen atoms in total. The number of nitrogens with zero attached hydrogens (tertiary/aromatic N) is 2. The lowest BCUT2D eigenvalue weighted by atomic mass is 10.0. The summed E-state index contributed by atoms with van der Waals surface area (Å²) in [5.74, 6) is 1.83. The Labute approximate surface area is 125 Å². The van der Waals surface area contributed by atoms with E-state index in [2.05, 4.69) is 49.3 Å². The molecule has 1 fully saturated rings. The molecule has 1 aromatic carbocycles. The molecular weight excluding hydrogens is 262 g/mol. The average Bonchev–Trinajstić information content (AvgIpc) is 3.18. The molecule has 1 aliphatic carbocycles. The second-order valence-corrected chi connectivity index (χ2v) is 6.08. The molecule has 1 aliphatic rings. The van der Waals surface area contributed by atoms with Gasteiger partial charge < -0.3 is 10.5 Å². The van der Waals surface area contributed by atoms with Crippen LogP contribution in [0.4, 0.5) is 0 Å². The van der Waals surface area contributed by atoms with Gasteiger partial charge in [0.25, 0.3) is 0 Å². The van der Waals surface area contributed by atoms with Crippen molar-refractivity contribution in [2.75, 3.05) is 7.11 Å². The van der Waals surface area contributed by atoms with Crippen molar-refractivity contribution < 1.29 is 4.74 Å². The quantitative estimate of drug-likeness (QED) is 0.917. The molecule has 0 amide bonds. The molecular formula is C17H23N3O. The van der Waals surface area contributed by atoms with Crippen molar-refractivity contribution in [2.24, 2.45) is 11.7 Å². The van der Waals surface area contributed by atoms with Gasteiger partial charge in [0.1, 0.15) is 0 Å². The number of methoxy groups -OCH3 is 1. The van der Waals surface area contributed by atoms with Gasteiger partial charge in [0.15, 0.2) is 5.75 Å². The van der Waals surface area contributed by atoms with Gasteiger partial charge in [-0.1, -0.05) is 30.3 Å². The first-order valence-electron chi connectivity index (χ1n) is 7.55. The van der Waals surface area contributed by atoms with Crippen LogP contribution in [0.5, 0.6) is 5.75 Å². The van der Waals surface area contributed by atoms with Crippen LogP contribution >= 0.6 is 0 Å². The molecule has 0 bridgehead atoms. The third kappa shape index (κ3) is 2.56. The molecule has 0 radical (unpaired) electrons. The summed E-state index contributed by atoms with van der Waals surface area (Å²) in [6.07, 6.45) is 2.91. The largest absolute Gasteiger partial charge is 0.493 e. The van der Waals surface area contributed by atoms with Crippen LogP contribution < -0.4 is 10.5 Å². The van der Waals surface area contributed by atoms with E-state index < -0.39 is 0 Å². The Balaban J connectivity index is 1.84. The highest BCUT2D eigenvalue weighted by atomic mass is 16.5. The standard InChI is InChI=1S/C17H23N3O/c1-11(2)20-17(15(21-3)10-19-20)16(18)14-9-13(14)12-7-5-4-6-8-12/h4-8,10-11,13-14,16H,9,18H2,1-3H3. The van der Waals surface area contributed by atoms with E-state index in [4.69, 9.17) is 10.5 Å². The molecule has 1 aromatic heterocycles. The monoisotopic (exact) mass is 285 g/mol. The number of hydrogen-bond acceptors (Lipinski definition) is 3. The van der Waals surface area contributed by atoms with Crippen LogP contribution in [0.3, 0.4) is 0 Å². The molecule has 1 heterocycles. The fourth-order valence-corrected chi connectivity index (χ4v) is 3.14. The van der Waals surface area contributed by atoms with E-state index >= 15 is 0 Å². The highest BCUT2D eigenvalue weighted by Gasteiger charge is 2.45. The van der Waals surface area contributed by atoms with Gasteiger partial charge in [-0.15, -0.1) is 0 Å². The second kappa shape index (κ2) is 5.53. The summed E-state index contributed by atoms with van der Waals surface area (Å²) < 4.78 is 7.44. The van der Waals surface area contributed by atoms with Crippen LogP contribution in [-0.4, -0.2) is 16.9 Å². The van der Waals surface area contributed by atoms with Crippen molar-refractivity contribution in [1.82, 2.24) is 9.78 Å². The summed E-state index contributed by atoms with van der Waals surface area (Å²) in [5, 5.41) is 4.43. The van der Waals surface area contributed by atoms with Gasteiger partial charge in [0, 0.05) is 6.04 Å². The van der Waals surface area contributed by atoms with Crippen molar-refractivity contribution in [3.05, 3.63) is 47.8 Å². The van der Waals surface area contributed by atoms with Gasteiger partial charge in [-0.2, -0.15) is 5.10 Å². The SMILES string of the molecule is COc1cnn(C(C)C)c1C(N)C1CC1c1ccccc1. The summed E-state index contributed by atoms with van der Waals surface area (Å²) in [6, 6.07) is 10.9. The highest BCUT2D eigenvalue weighted by molar-refractivity contribution is 5.34. The Morgan fingerprint density at radius 1 is 1.29 bits per heavy atom. The van der Waals surface area contributed by atoms with E-state index in [0.29, 0.717) is 11.8 Å². The summed E-state index contributed by atoms with van der Waals surface area (Å²) in [4.78, 5) is 0. The van der Waals surface area contributed by atoms with Crippen LogP contribution in [0.15, 0.2) is 36.5 Å². The molecule has 0 spiro atoms. The van der Waals surface area contributed by atoms with Crippen molar-refractivity contribution in [3.63, 3.8) is 0 Å². The first kappa shape index (κ1) is 14.1. The normalized spacial score (nSPS) is 22.3. The zero-order valence-corrected chi connectivity index (χ0v) is 12.9. The van der Waals surface area contributed by atoms with Gasteiger partial charge in [0.2, 0.25) is 0 Å². The molecule has 3 rings (SSSR count). The lowest BCUT2D eigenvalue weighted by molar-refractivity contribution is 0.390. The molecule has 0 aliphatic heterocycles. The van der Waals surface area contributed by atoms with E-state index in [-0.39, 0.29) is 12.1 Å². The van der Waals surface area contributed by atoms with Crippen molar-refractivity contribution >= 4 is 0 Å². The lowest BCUT2D eigenvalue weighted by Crippen LogP contribution is -2.20. The summed E-state index contributed by atoms with van der Waals surface area (Å²) in [6.45, 7) is 4.23. The average molecular weight is 285 g/mol. The maximum atomic E-state index is 6.55. The zero-order valence-electron chi connectivity index (χ0n) is 12.9.